The number of nitrogens with one attached hydrogen (secondary N) is 1. The Morgan fingerprint density at radius 3 is 3.00 bits per heavy atom. The molecule has 0 amide bonds. The normalized spacial score (nSPS) is 18.6. The molecule has 2 unspecified atom stereocenters. The summed E-state index contributed by atoms with van der Waals surface area (Å²) in [5, 5.41) is 15.0. The maximum atomic E-state index is 9.40. The van der Waals surface area contributed by atoms with E-state index in [1.54, 1.807) is 11.3 Å². The number of fused-ring (bicyclic) bond motifs is 1. The van der Waals surface area contributed by atoms with Crippen LogP contribution in [0.1, 0.15) is 50.4 Å². The summed E-state index contributed by atoms with van der Waals surface area (Å²) in [6.45, 7) is 5.84. The largest absolute Gasteiger partial charge is 0.393 e. The van der Waals surface area contributed by atoms with Gasteiger partial charge in [-0.25, -0.2) is 4.98 Å². The second kappa shape index (κ2) is 5.84. The molecule has 1 saturated carbocycles. The fraction of sp³-hybridized carbons (Fsp3) is 0.667. The highest BCUT2D eigenvalue weighted by Gasteiger charge is 2.30. The van der Waals surface area contributed by atoms with Gasteiger partial charge in [0.15, 0.2) is 4.96 Å². The number of aliphatic hydroxyl groups is 1. The molecular formula is C15H23N3OS. The van der Waals surface area contributed by atoms with Gasteiger partial charge in [-0.2, -0.15) is 0 Å². The Hall–Kier alpha value is -0.910. The molecule has 20 heavy (non-hydrogen) atoms. The van der Waals surface area contributed by atoms with Crippen molar-refractivity contribution in [2.75, 3.05) is 6.54 Å². The van der Waals surface area contributed by atoms with Gasteiger partial charge in [0.25, 0.3) is 0 Å². The summed E-state index contributed by atoms with van der Waals surface area (Å²) in [6, 6.07) is 0. The van der Waals surface area contributed by atoms with Crippen molar-refractivity contribution in [2.45, 2.75) is 51.7 Å². The van der Waals surface area contributed by atoms with Crippen LogP contribution in [-0.4, -0.2) is 27.1 Å². The SMILES string of the molecule is CC(O)CC(C)CNCc1c(C2CC2)nc2sccn12. The number of hydrogen-bond acceptors (Lipinski definition) is 4. The summed E-state index contributed by atoms with van der Waals surface area (Å²) in [5.41, 5.74) is 2.63. The molecule has 2 heterocycles. The lowest BCUT2D eigenvalue weighted by atomic mass is 10.0. The first-order chi connectivity index (χ1) is 9.65. The lowest BCUT2D eigenvalue weighted by Gasteiger charge is -2.14. The van der Waals surface area contributed by atoms with Crippen LogP contribution in [0.5, 0.6) is 0 Å². The molecule has 2 aromatic heterocycles. The predicted octanol–water partition coefficient (Wildman–Crippen LogP) is 2.77. The Labute approximate surface area is 123 Å². The number of nitrogens with zero attached hydrogens (tertiary/aromatic N) is 2. The first kappa shape index (κ1) is 14.0. The average Bonchev–Trinajstić information content (AvgIpc) is 3.01. The molecule has 0 aliphatic heterocycles. The quantitative estimate of drug-likeness (QED) is 0.825. The third kappa shape index (κ3) is 3.05. The minimum Gasteiger partial charge on any atom is -0.393 e. The van der Waals surface area contributed by atoms with E-state index in [2.05, 4.69) is 28.2 Å². The minimum atomic E-state index is -0.215. The fourth-order valence-electron chi connectivity index (χ4n) is 2.81. The summed E-state index contributed by atoms with van der Waals surface area (Å²) >= 11 is 1.71. The summed E-state index contributed by atoms with van der Waals surface area (Å²) in [7, 11) is 0. The Kier molecular flexibility index (Phi) is 4.10. The van der Waals surface area contributed by atoms with Crippen LogP contribution in [0.2, 0.25) is 0 Å². The van der Waals surface area contributed by atoms with Crippen molar-refractivity contribution in [2.24, 2.45) is 5.92 Å². The van der Waals surface area contributed by atoms with Gasteiger partial charge in [-0.1, -0.05) is 6.92 Å². The van der Waals surface area contributed by atoms with Gasteiger partial charge in [0.2, 0.25) is 0 Å². The number of imidazole rings is 1. The van der Waals surface area contributed by atoms with E-state index in [9.17, 15) is 5.11 Å². The van der Waals surface area contributed by atoms with Crippen LogP contribution in [-0.2, 0) is 6.54 Å². The lowest BCUT2D eigenvalue weighted by molar-refractivity contribution is 0.163. The Bertz CT molecular complexity index is 571. The van der Waals surface area contributed by atoms with Crippen molar-refractivity contribution in [1.29, 1.82) is 0 Å². The van der Waals surface area contributed by atoms with E-state index in [4.69, 9.17) is 4.98 Å². The summed E-state index contributed by atoms with van der Waals surface area (Å²) in [5.74, 6) is 1.18. The molecular weight excluding hydrogens is 270 g/mol. The standard InChI is InChI=1S/C15H23N3OS/c1-10(7-11(2)19)8-16-9-13-14(12-3-4-12)17-15-18(13)5-6-20-15/h5-6,10-12,16,19H,3-4,7-9H2,1-2H3. The minimum absolute atomic E-state index is 0.215. The van der Waals surface area contributed by atoms with Crippen LogP contribution in [0.4, 0.5) is 0 Å². The highest BCUT2D eigenvalue weighted by atomic mass is 32.1. The van der Waals surface area contributed by atoms with Crippen molar-refractivity contribution < 1.29 is 5.11 Å². The molecule has 2 atom stereocenters. The second-order valence-corrected chi connectivity index (χ2v) is 6.97. The Balaban J connectivity index is 1.64. The molecule has 5 heteroatoms. The predicted molar refractivity (Wildman–Crippen MR) is 82.2 cm³/mol. The topological polar surface area (TPSA) is 49.6 Å². The number of thiazole rings is 1. The summed E-state index contributed by atoms with van der Waals surface area (Å²) in [6.07, 6.45) is 5.33. The van der Waals surface area contributed by atoms with Gasteiger partial charge in [0.1, 0.15) is 0 Å². The van der Waals surface area contributed by atoms with Crippen LogP contribution in [0.3, 0.4) is 0 Å². The van der Waals surface area contributed by atoms with E-state index in [0.29, 0.717) is 11.8 Å². The van der Waals surface area contributed by atoms with Gasteiger partial charge in [-0.05, 0) is 38.6 Å². The first-order valence-electron chi connectivity index (χ1n) is 7.48. The van der Waals surface area contributed by atoms with E-state index in [1.807, 2.05) is 6.92 Å². The Morgan fingerprint density at radius 2 is 2.30 bits per heavy atom. The van der Waals surface area contributed by atoms with E-state index >= 15 is 0 Å². The smallest absolute Gasteiger partial charge is 0.194 e. The third-order valence-electron chi connectivity index (χ3n) is 3.88. The van der Waals surface area contributed by atoms with Gasteiger partial charge in [0.05, 0.1) is 17.5 Å². The molecule has 0 saturated heterocycles. The van der Waals surface area contributed by atoms with Crippen molar-refractivity contribution in [3.63, 3.8) is 0 Å². The second-order valence-electron chi connectivity index (χ2n) is 6.09. The molecule has 2 aromatic rings. The number of aromatic nitrogens is 2. The molecule has 2 N–H and O–H groups in total. The van der Waals surface area contributed by atoms with Gasteiger partial charge in [-0.3, -0.25) is 4.40 Å². The lowest BCUT2D eigenvalue weighted by Crippen LogP contribution is -2.24. The Morgan fingerprint density at radius 1 is 1.50 bits per heavy atom. The highest BCUT2D eigenvalue weighted by Crippen LogP contribution is 2.41. The van der Waals surface area contributed by atoms with Crippen LogP contribution in [0, 0.1) is 5.92 Å². The van der Waals surface area contributed by atoms with Gasteiger partial charge in [0, 0.05) is 24.0 Å². The number of rotatable bonds is 7. The van der Waals surface area contributed by atoms with E-state index in [-0.39, 0.29) is 6.10 Å². The zero-order chi connectivity index (χ0) is 14.1. The third-order valence-corrected chi connectivity index (χ3v) is 4.64. The average molecular weight is 293 g/mol. The van der Waals surface area contributed by atoms with Gasteiger partial charge < -0.3 is 10.4 Å². The van der Waals surface area contributed by atoms with Crippen molar-refractivity contribution >= 4 is 16.3 Å². The molecule has 0 aromatic carbocycles. The van der Waals surface area contributed by atoms with E-state index in [1.165, 1.54) is 24.2 Å². The van der Waals surface area contributed by atoms with Crippen molar-refractivity contribution in [3.8, 4) is 0 Å². The van der Waals surface area contributed by atoms with Crippen LogP contribution in [0.15, 0.2) is 11.6 Å². The van der Waals surface area contributed by atoms with E-state index < -0.39 is 0 Å². The summed E-state index contributed by atoms with van der Waals surface area (Å²) in [4.78, 5) is 5.89. The van der Waals surface area contributed by atoms with Crippen LogP contribution >= 0.6 is 11.3 Å². The molecule has 3 rings (SSSR count). The van der Waals surface area contributed by atoms with Crippen LogP contribution in [0.25, 0.3) is 4.96 Å². The van der Waals surface area contributed by atoms with Crippen molar-refractivity contribution in [3.05, 3.63) is 23.0 Å². The maximum absolute atomic E-state index is 9.40. The monoisotopic (exact) mass is 293 g/mol. The molecule has 0 spiro atoms. The molecule has 0 bridgehead atoms. The first-order valence-corrected chi connectivity index (χ1v) is 8.36. The molecule has 110 valence electrons. The van der Waals surface area contributed by atoms with Gasteiger partial charge >= 0.3 is 0 Å². The molecule has 1 aliphatic rings. The zero-order valence-electron chi connectivity index (χ0n) is 12.2. The fourth-order valence-corrected chi connectivity index (χ4v) is 3.55. The molecule has 1 fully saturated rings. The van der Waals surface area contributed by atoms with Gasteiger partial charge in [-0.15, -0.1) is 11.3 Å². The molecule has 0 radical (unpaired) electrons. The maximum Gasteiger partial charge on any atom is 0.194 e. The molecule has 4 nitrogen and oxygen atoms in total. The number of aliphatic hydroxyl groups excluding tert-OH is 1. The zero-order valence-corrected chi connectivity index (χ0v) is 13.0. The highest BCUT2D eigenvalue weighted by molar-refractivity contribution is 7.15. The van der Waals surface area contributed by atoms with Crippen LogP contribution < -0.4 is 5.32 Å². The summed E-state index contributed by atoms with van der Waals surface area (Å²) < 4.78 is 2.23. The van der Waals surface area contributed by atoms with Crippen molar-refractivity contribution in [1.82, 2.24) is 14.7 Å². The van der Waals surface area contributed by atoms with E-state index in [0.717, 1.165) is 24.5 Å². The molecule has 1 aliphatic carbocycles. The number of hydrogen-bond donors (Lipinski definition) is 2.